The molecule has 0 aliphatic carbocycles. The highest BCUT2D eigenvalue weighted by atomic mass is 16.6. The standard InChI is InChI=1S/C10H15NO2/c1-10(2,12)9-5-3-4-8(6-9)7-13-11/h3-6,12H,7,11H2,1-2H3. The van der Waals surface area contributed by atoms with Gasteiger partial charge in [-0.3, -0.25) is 4.84 Å². The summed E-state index contributed by atoms with van der Waals surface area (Å²) in [6, 6.07) is 7.54. The number of nitrogens with two attached hydrogens (primary N) is 1. The van der Waals surface area contributed by atoms with Crippen LogP contribution in [0.2, 0.25) is 0 Å². The molecule has 0 saturated carbocycles. The molecule has 0 aromatic heterocycles. The van der Waals surface area contributed by atoms with E-state index >= 15 is 0 Å². The zero-order valence-corrected chi connectivity index (χ0v) is 7.95. The lowest BCUT2D eigenvalue weighted by Crippen LogP contribution is -2.15. The van der Waals surface area contributed by atoms with E-state index in [1.807, 2.05) is 24.3 Å². The van der Waals surface area contributed by atoms with Gasteiger partial charge in [0, 0.05) is 0 Å². The first kappa shape index (κ1) is 10.2. The lowest BCUT2D eigenvalue weighted by atomic mass is 9.97. The second kappa shape index (κ2) is 3.87. The average Bonchev–Trinajstić information content (AvgIpc) is 2.04. The topological polar surface area (TPSA) is 55.5 Å². The zero-order chi connectivity index (χ0) is 9.90. The SMILES string of the molecule is CC(C)(O)c1cccc(CON)c1. The average molecular weight is 181 g/mol. The van der Waals surface area contributed by atoms with E-state index in [0.29, 0.717) is 6.61 Å². The largest absolute Gasteiger partial charge is 0.386 e. The molecule has 3 heteroatoms. The molecule has 0 heterocycles. The monoisotopic (exact) mass is 181 g/mol. The molecule has 3 nitrogen and oxygen atoms in total. The molecule has 0 spiro atoms. The van der Waals surface area contributed by atoms with Gasteiger partial charge in [-0.05, 0) is 25.0 Å². The minimum Gasteiger partial charge on any atom is -0.386 e. The van der Waals surface area contributed by atoms with Gasteiger partial charge in [0.1, 0.15) is 0 Å². The summed E-state index contributed by atoms with van der Waals surface area (Å²) < 4.78 is 0. The summed E-state index contributed by atoms with van der Waals surface area (Å²) in [6.07, 6.45) is 0. The molecule has 1 aromatic carbocycles. The number of aliphatic hydroxyl groups is 1. The number of benzene rings is 1. The highest BCUT2D eigenvalue weighted by molar-refractivity contribution is 5.26. The van der Waals surface area contributed by atoms with Gasteiger partial charge in [0.05, 0.1) is 12.2 Å². The van der Waals surface area contributed by atoms with Crippen LogP contribution < -0.4 is 5.90 Å². The predicted molar refractivity (Wildman–Crippen MR) is 50.7 cm³/mol. The Bertz CT molecular complexity index is 278. The lowest BCUT2D eigenvalue weighted by Gasteiger charge is -2.18. The van der Waals surface area contributed by atoms with Gasteiger partial charge in [0.15, 0.2) is 0 Å². The van der Waals surface area contributed by atoms with Crippen LogP contribution in [0.3, 0.4) is 0 Å². The molecule has 0 unspecified atom stereocenters. The van der Waals surface area contributed by atoms with Crippen LogP contribution >= 0.6 is 0 Å². The van der Waals surface area contributed by atoms with Crippen molar-refractivity contribution in [1.82, 2.24) is 0 Å². The number of hydrogen-bond acceptors (Lipinski definition) is 3. The summed E-state index contributed by atoms with van der Waals surface area (Å²) in [4.78, 5) is 4.51. The van der Waals surface area contributed by atoms with Gasteiger partial charge in [-0.15, -0.1) is 0 Å². The normalized spacial score (nSPS) is 11.7. The van der Waals surface area contributed by atoms with E-state index < -0.39 is 5.60 Å². The van der Waals surface area contributed by atoms with Crippen molar-refractivity contribution in [2.75, 3.05) is 0 Å². The molecule has 0 aliphatic rings. The van der Waals surface area contributed by atoms with Gasteiger partial charge in [0.2, 0.25) is 0 Å². The van der Waals surface area contributed by atoms with Gasteiger partial charge in [-0.25, -0.2) is 5.90 Å². The van der Waals surface area contributed by atoms with Crippen molar-refractivity contribution in [2.24, 2.45) is 5.90 Å². The maximum absolute atomic E-state index is 9.71. The van der Waals surface area contributed by atoms with Gasteiger partial charge in [-0.1, -0.05) is 24.3 Å². The van der Waals surface area contributed by atoms with Crippen molar-refractivity contribution >= 4 is 0 Å². The molecule has 1 aromatic rings. The Morgan fingerprint density at radius 3 is 2.69 bits per heavy atom. The molecule has 0 saturated heterocycles. The summed E-state index contributed by atoms with van der Waals surface area (Å²) in [7, 11) is 0. The Balaban J connectivity index is 2.92. The van der Waals surface area contributed by atoms with Crippen LogP contribution in [-0.4, -0.2) is 5.11 Å². The molecule has 72 valence electrons. The van der Waals surface area contributed by atoms with Gasteiger partial charge in [-0.2, -0.15) is 0 Å². The Morgan fingerprint density at radius 1 is 1.46 bits per heavy atom. The summed E-state index contributed by atoms with van der Waals surface area (Å²) in [5, 5.41) is 9.71. The summed E-state index contributed by atoms with van der Waals surface area (Å²) in [5.41, 5.74) is 1.01. The molecule has 0 fully saturated rings. The zero-order valence-electron chi connectivity index (χ0n) is 7.95. The van der Waals surface area contributed by atoms with Crippen molar-refractivity contribution in [3.8, 4) is 0 Å². The van der Waals surface area contributed by atoms with Crippen LogP contribution in [0.1, 0.15) is 25.0 Å². The first-order chi connectivity index (χ1) is 6.04. The minimum atomic E-state index is -0.815. The highest BCUT2D eigenvalue weighted by Crippen LogP contribution is 2.20. The fourth-order valence-corrected chi connectivity index (χ4v) is 1.14. The Hall–Kier alpha value is -0.900. The van der Waals surface area contributed by atoms with Crippen molar-refractivity contribution < 1.29 is 9.94 Å². The molecule has 0 atom stereocenters. The van der Waals surface area contributed by atoms with E-state index in [-0.39, 0.29) is 0 Å². The fraction of sp³-hybridized carbons (Fsp3) is 0.400. The quantitative estimate of drug-likeness (QED) is 0.691. The summed E-state index contributed by atoms with van der Waals surface area (Å²) in [5.74, 6) is 4.96. The van der Waals surface area contributed by atoms with Crippen LogP contribution in [0.4, 0.5) is 0 Å². The predicted octanol–water partition coefficient (Wildman–Crippen LogP) is 1.30. The molecule has 1 rings (SSSR count). The first-order valence-corrected chi connectivity index (χ1v) is 4.17. The molecule has 0 amide bonds. The molecule has 13 heavy (non-hydrogen) atoms. The van der Waals surface area contributed by atoms with Crippen LogP contribution in [0, 0.1) is 0 Å². The van der Waals surface area contributed by atoms with Gasteiger partial charge >= 0.3 is 0 Å². The van der Waals surface area contributed by atoms with Crippen molar-refractivity contribution in [3.05, 3.63) is 35.4 Å². The smallest absolute Gasteiger partial charge is 0.0930 e. The van der Waals surface area contributed by atoms with Gasteiger partial charge in [0.25, 0.3) is 0 Å². The fourth-order valence-electron chi connectivity index (χ4n) is 1.14. The van der Waals surface area contributed by atoms with Gasteiger partial charge < -0.3 is 5.11 Å². The molecule has 3 N–H and O–H groups in total. The van der Waals surface area contributed by atoms with E-state index in [1.165, 1.54) is 0 Å². The third-order valence-electron chi connectivity index (χ3n) is 1.88. The summed E-state index contributed by atoms with van der Waals surface area (Å²) >= 11 is 0. The van der Waals surface area contributed by atoms with Crippen molar-refractivity contribution in [1.29, 1.82) is 0 Å². The van der Waals surface area contributed by atoms with Crippen LogP contribution in [-0.2, 0) is 17.0 Å². The van der Waals surface area contributed by atoms with E-state index in [4.69, 9.17) is 5.90 Å². The van der Waals surface area contributed by atoms with Crippen molar-refractivity contribution in [3.63, 3.8) is 0 Å². The van der Waals surface area contributed by atoms with Crippen LogP contribution in [0.25, 0.3) is 0 Å². The van der Waals surface area contributed by atoms with E-state index in [1.54, 1.807) is 13.8 Å². The van der Waals surface area contributed by atoms with Crippen molar-refractivity contribution in [2.45, 2.75) is 26.1 Å². The highest BCUT2D eigenvalue weighted by Gasteiger charge is 2.15. The maximum atomic E-state index is 9.71. The second-order valence-electron chi connectivity index (χ2n) is 3.57. The maximum Gasteiger partial charge on any atom is 0.0930 e. The molecule has 0 radical (unpaired) electrons. The molecular weight excluding hydrogens is 166 g/mol. The third kappa shape index (κ3) is 2.81. The number of rotatable bonds is 3. The van der Waals surface area contributed by atoms with E-state index in [9.17, 15) is 5.11 Å². The molecule has 0 bridgehead atoms. The Morgan fingerprint density at radius 2 is 2.15 bits per heavy atom. The first-order valence-electron chi connectivity index (χ1n) is 4.17. The van der Waals surface area contributed by atoms with E-state index in [0.717, 1.165) is 11.1 Å². The van der Waals surface area contributed by atoms with Crippen LogP contribution in [0.5, 0.6) is 0 Å². The Labute approximate surface area is 78.1 Å². The summed E-state index contributed by atoms with van der Waals surface area (Å²) in [6.45, 7) is 3.86. The minimum absolute atomic E-state index is 0.365. The van der Waals surface area contributed by atoms with Crippen LogP contribution in [0.15, 0.2) is 24.3 Å². The lowest BCUT2D eigenvalue weighted by molar-refractivity contribution is 0.0779. The molecular formula is C10H15NO2. The Kier molecular flexibility index (Phi) is 3.03. The molecule has 0 aliphatic heterocycles. The second-order valence-corrected chi connectivity index (χ2v) is 3.57. The van der Waals surface area contributed by atoms with E-state index in [2.05, 4.69) is 4.84 Å². The number of hydrogen-bond donors (Lipinski definition) is 2. The third-order valence-corrected chi connectivity index (χ3v) is 1.88.